The molecule has 2 aromatic heterocycles. The predicted molar refractivity (Wildman–Crippen MR) is 116 cm³/mol. The number of anilines is 1. The van der Waals surface area contributed by atoms with Gasteiger partial charge in [-0.25, -0.2) is 14.4 Å². The minimum Gasteiger partial charge on any atom is -0.457 e. The molecule has 0 aliphatic heterocycles. The Bertz CT molecular complexity index is 1280. The van der Waals surface area contributed by atoms with Crippen LogP contribution in [0.1, 0.15) is 17.4 Å². The van der Waals surface area contributed by atoms with Crippen molar-refractivity contribution in [2.24, 2.45) is 5.73 Å². The number of nitrogens with one attached hydrogen (secondary N) is 1. The molecule has 0 unspecified atom stereocenters. The van der Waals surface area contributed by atoms with Crippen LogP contribution in [0.5, 0.6) is 11.5 Å². The zero-order chi connectivity index (χ0) is 22.7. The van der Waals surface area contributed by atoms with Gasteiger partial charge in [-0.05, 0) is 54.6 Å². The van der Waals surface area contributed by atoms with E-state index in [1.165, 1.54) is 31.5 Å². The molecule has 2 heterocycles. The van der Waals surface area contributed by atoms with E-state index in [0.29, 0.717) is 34.4 Å². The molecule has 0 atom stereocenters. The minimum absolute atomic E-state index is 0.0898. The number of primary amides is 1. The number of hydrogen-bond donors (Lipinski definition) is 2. The largest absolute Gasteiger partial charge is 0.457 e. The number of hydrogen-bond acceptors (Lipinski definition) is 5. The highest BCUT2D eigenvalue weighted by Gasteiger charge is 2.15. The average molecular weight is 431 g/mol. The fourth-order valence-corrected chi connectivity index (χ4v) is 3.03. The predicted octanol–water partition coefficient (Wildman–Crippen LogP) is 3.92. The Morgan fingerprint density at radius 2 is 1.75 bits per heavy atom. The summed E-state index contributed by atoms with van der Waals surface area (Å²) in [6, 6.07) is 16.1. The molecule has 0 radical (unpaired) electrons. The Morgan fingerprint density at radius 1 is 1.03 bits per heavy atom. The topological polar surface area (TPSA) is 112 Å². The molecule has 0 saturated carbocycles. The standard InChI is InChI=1S/C23H18FN5O3/c1-14(30)27-21-12-19(10-11-26-21)32-18-8-2-15(3-9-18)23-28-20(22(25)31)13-29(23)17-6-4-16(24)5-7-17/h2-13H,1H3,(H2,25,31)(H,26,27,30). The highest BCUT2D eigenvalue weighted by atomic mass is 19.1. The smallest absolute Gasteiger partial charge is 0.268 e. The van der Waals surface area contributed by atoms with Crippen molar-refractivity contribution >= 4 is 17.6 Å². The first kappa shape index (κ1) is 20.7. The Hall–Kier alpha value is -4.53. The van der Waals surface area contributed by atoms with Gasteiger partial charge in [0.15, 0.2) is 0 Å². The third-order valence-electron chi connectivity index (χ3n) is 4.45. The lowest BCUT2D eigenvalue weighted by Gasteiger charge is -2.10. The van der Waals surface area contributed by atoms with Crippen molar-refractivity contribution in [3.05, 3.63) is 84.6 Å². The van der Waals surface area contributed by atoms with Crippen LogP contribution in [-0.2, 0) is 4.79 Å². The highest BCUT2D eigenvalue weighted by Crippen LogP contribution is 2.28. The van der Waals surface area contributed by atoms with Gasteiger partial charge in [-0.1, -0.05) is 0 Å². The van der Waals surface area contributed by atoms with Crippen molar-refractivity contribution < 1.29 is 18.7 Å². The summed E-state index contributed by atoms with van der Waals surface area (Å²) in [6.07, 6.45) is 3.04. The van der Waals surface area contributed by atoms with Gasteiger partial charge >= 0.3 is 0 Å². The summed E-state index contributed by atoms with van der Waals surface area (Å²) < 4.78 is 20.8. The molecule has 0 saturated heterocycles. The van der Waals surface area contributed by atoms with E-state index in [1.807, 2.05) is 0 Å². The van der Waals surface area contributed by atoms with Crippen LogP contribution in [0.2, 0.25) is 0 Å². The SMILES string of the molecule is CC(=O)Nc1cc(Oc2ccc(-c3nc(C(N)=O)cn3-c3ccc(F)cc3)cc2)ccn1. The molecule has 4 rings (SSSR count). The van der Waals surface area contributed by atoms with Gasteiger partial charge in [0, 0.05) is 36.6 Å². The number of nitrogens with zero attached hydrogens (tertiary/aromatic N) is 3. The fourth-order valence-electron chi connectivity index (χ4n) is 3.03. The summed E-state index contributed by atoms with van der Waals surface area (Å²) in [7, 11) is 0. The maximum Gasteiger partial charge on any atom is 0.268 e. The van der Waals surface area contributed by atoms with Crippen LogP contribution >= 0.6 is 0 Å². The van der Waals surface area contributed by atoms with E-state index >= 15 is 0 Å². The molecule has 4 aromatic rings. The zero-order valence-electron chi connectivity index (χ0n) is 16.9. The number of nitrogens with two attached hydrogens (primary N) is 1. The maximum absolute atomic E-state index is 13.3. The number of benzene rings is 2. The Balaban J connectivity index is 1.62. The van der Waals surface area contributed by atoms with E-state index in [9.17, 15) is 14.0 Å². The number of pyridine rings is 1. The first-order chi connectivity index (χ1) is 15.4. The van der Waals surface area contributed by atoms with Gasteiger partial charge in [0.1, 0.15) is 34.7 Å². The quantitative estimate of drug-likeness (QED) is 0.481. The van der Waals surface area contributed by atoms with Crippen molar-refractivity contribution in [3.8, 4) is 28.6 Å². The van der Waals surface area contributed by atoms with E-state index in [-0.39, 0.29) is 17.4 Å². The number of ether oxygens (including phenoxy) is 1. The number of aromatic nitrogens is 3. The molecule has 0 fully saturated rings. The van der Waals surface area contributed by atoms with E-state index in [0.717, 1.165) is 0 Å². The lowest BCUT2D eigenvalue weighted by atomic mass is 10.2. The molecule has 0 aliphatic rings. The number of carbonyl (C=O) groups excluding carboxylic acids is 2. The van der Waals surface area contributed by atoms with Gasteiger partial charge in [0.25, 0.3) is 5.91 Å². The summed E-state index contributed by atoms with van der Waals surface area (Å²) in [5.41, 5.74) is 6.82. The fraction of sp³-hybridized carbons (Fsp3) is 0.0435. The molecule has 2 amide bonds. The van der Waals surface area contributed by atoms with Crippen LogP contribution in [-0.4, -0.2) is 26.3 Å². The van der Waals surface area contributed by atoms with Crippen molar-refractivity contribution in [3.63, 3.8) is 0 Å². The molecule has 0 aliphatic carbocycles. The lowest BCUT2D eigenvalue weighted by Crippen LogP contribution is -2.11. The zero-order valence-corrected chi connectivity index (χ0v) is 16.9. The third kappa shape index (κ3) is 4.62. The van der Waals surface area contributed by atoms with E-state index < -0.39 is 5.91 Å². The minimum atomic E-state index is -0.667. The van der Waals surface area contributed by atoms with Gasteiger partial charge in [-0.2, -0.15) is 0 Å². The van der Waals surface area contributed by atoms with Gasteiger partial charge < -0.3 is 15.8 Å². The van der Waals surface area contributed by atoms with Gasteiger partial charge in [0.05, 0.1) is 0 Å². The Kier molecular flexibility index (Phi) is 5.63. The number of imidazole rings is 1. The molecular formula is C23H18FN5O3. The molecule has 3 N–H and O–H groups in total. The molecule has 0 spiro atoms. The number of carbonyl (C=O) groups is 2. The van der Waals surface area contributed by atoms with Gasteiger partial charge in [0.2, 0.25) is 5.91 Å². The number of rotatable bonds is 6. The molecule has 2 aromatic carbocycles. The lowest BCUT2D eigenvalue weighted by molar-refractivity contribution is -0.114. The molecule has 160 valence electrons. The maximum atomic E-state index is 13.3. The first-order valence-electron chi connectivity index (χ1n) is 9.56. The second-order valence-corrected chi connectivity index (χ2v) is 6.84. The first-order valence-corrected chi connectivity index (χ1v) is 9.56. The van der Waals surface area contributed by atoms with E-state index in [2.05, 4.69) is 15.3 Å². The average Bonchev–Trinajstić information content (AvgIpc) is 3.20. The molecule has 8 nitrogen and oxygen atoms in total. The Labute approximate surface area is 182 Å². The van der Waals surface area contributed by atoms with E-state index in [4.69, 9.17) is 10.5 Å². The molecule has 32 heavy (non-hydrogen) atoms. The van der Waals surface area contributed by atoms with Gasteiger partial charge in [-0.15, -0.1) is 0 Å². The van der Waals surface area contributed by atoms with Crippen molar-refractivity contribution in [1.82, 2.24) is 14.5 Å². The molecule has 9 heteroatoms. The van der Waals surface area contributed by atoms with Crippen molar-refractivity contribution in [2.45, 2.75) is 6.92 Å². The normalized spacial score (nSPS) is 10.6. The van der Waals surface area contributed by atoms with Crippen LogP contribution in [0.15, 0.2) is 73.1 Å². The second-order valence-electron chi connectivity index (χ2n) is 6.84. The van der Waals surface area contributed by atoms with Crippen LogP contribution in [0, 0.1) is 5.82 Å². The van der Waals surface area contributed by atoms with E-state index in [1.54, 1.807) is 53.1 Å². The van der Waals surface area contributed by atoms with Crippen LogP contribution < -0.4 is 15.8 Å². The highest BCUT2D eigenvalue weighted by molar-refractivity contribution is 5.91. The Morgan fingerprint density at radius 3 is 2.41 bits per heavy atom. The third-order valence-corrected chi connectivity index (χ3v) is 4.45. The van der Waals surface area contributed by atoms with Gasteiger partial charge in [-0.3, -0.25) is 14.2 Å². The monoisotopic (exact) mass is 431 g/mol. The van der Waals surface area contributed by atoms with Crippen molar-refractivity contribution in [2.75, 3.05) is 5.32 Å². The summed E-state index contributed by atoms with van der Waals surface area (Å²) >= 11 is 0. The van der Waals surface area contributed by atoms with Crippen molar-refractivity contribution in [1.29, 1.82) is 0 Å². The van der Waals surface area contributed by atoms with Crippen LogP contribution in [0.4, 0.5) is 10.2 Å². The summed E-state index contributed by atoms with van der Waals surface area (Å²) in [4.78, 5) is 31.3. The number of halogens is 1. The van der Waals surface area contributed by atoms with Crippen LogP contribution in [0.25, 0.3) is 17.1 Å². The van der Waals surface area contributed by atoms with Crippen LogP contribution in [0.3, 0.4) is 0 Å². The molecule has 0 bridgehead atoms. The molecular weight excluding hydrogens is 413 g/mol. The second kappa shape index (κ2) is 8.68. The summed E-state index contributed by atoms with van der Waals surface area (Å²) in [6.45, 7) is 1.40. The number of amides is 2. The summed E-state index contributed by atoms with van der Waals surface area (Å²) in [5.74, 6) is 0.625. The summed E-state index contributed by atoms with van der Waals surface area (Å²) in [5, 5.41) is 2.60.